The van der Waals surface area contributed by atoms with E-state index in [0.717, 1.165) is 5.56 Å². The number of carbonyl (C=O) groups excluding carboxylic acids is 2. The lowest BCUT2D eigenvalue weighted by molar-refractivity contribution is -0.142. The normalized spacial score (nSPS) is 14.0. The summed E-state index contributed by atoms with van der Waals surface area (Å²) < 4.78 is 20.8. The van der Waals surface area contributed by atoms with Crippen LogP contribution in [-0.2, 0) is 9.53 Å². The maximum atomic E-state index is 12.5. The molecule has 0 N–H and O–H groups in total. The number of ketones is 1. The molecule has 0 spiro atoms. The van der Waals surface area contributed by atoms with Gasteiger partial charge in [0.15, 0.2) is 12.4 Å². The van der Waals surface area contributed by atoms with E-state index in [1.54, 1.807) is 37.5 Å². The minimum Gasteiger partial charge on any atom is -0.496 e. The van der Waals surface area contributed by atoms with Gasteiger partial charge in [-0.2, -0.15) is 0 Å². The Morgan fingerprint density at radius 2 is 1.96 bits per heavy atom. The van der Waals surface area contributed by atoms with Gasteiger partial charge in [-0.1, -0.05) is 18.2 Å². The van der Waals surface area contributed by atoms with Crippen molar-refractivity contribution in [1.82, 2.24) is 0 Å². The zero-order valence-corrected chi connectivity index (χ0v) is 13.8. The van der Waals surface area contributed by atoms with Gasteiger partial charge in [0.1, 0.15) is 17.2 Å². The average molecular weight is 340 g/mol. The number of Topliss-reactive ketones (excluding diaryl/α,β-unsaturated/α-hetero) is 1. The molecule has 25 heavy (non-hydrogen) atoms. The molecule has 0 unspecified atom stereocenters. The van der Waals surface area contributed by atoms with Crippen LogP contribution in [0.3, 0.4) is 0 Å². The van der Waals surface area contributed by atoms with E-state index in [1.165, 1.54) is 7.11 Å². The van der Waals surface area contributed by atoms with Crippen LogP contribution in [0.25, 0.3) is 6.08 Å². The Morgan fingerprint density at radius 1 is 1.16 bits per heavy atom. The quantitative estimate of drug-likeness (QED) is 0.616. The van der Waals surface area contributed by atoms with Gasteiger partial charge in [-0.25, -0.2) is 4.79 Å². The van der Waals surface area contributed by atoms with Crippen molar-refractivity contribution < 1.29 is 28.5 Å². The second-order valence-electron chi connectivity index (χ2n) is 5.20. The van der Waals surface area contributed by atoms with Crippen molar-refractivity contribution in [2.24, 2.45) is 0 Å². The summed E-state index contributed by atoms with van der Waals surface area (Å²) in [6, 6.07) is 12.1. The number of carbonyl (C=O) groups is 2. The molecule has 0 bridgehead atoms. The first-order valence-electron chi connectivity index (χ1n) is 7.53. The van der Waals surface area contributed by atoms with Gasteiger partial charge in [0.25, 0.3) is 0 Å². The minimum absolute atomic E-state index is 0.199. The lowest BCUT2D eigenvalue weighted by Gasteiger charge is -2.06. The molecule has 0 amide bonds. The molecular weight excluding hydrogens is 324 g/mol. The molecule has 6 nitrogen and oxygen atoms in total. The summed E-state index contributed by atoms with van der Waals surface area (Å²) in [5.41, 5.74) is 1.18. The number of hydrogen-bond donors (Lipinski definition) is 0. The van der Waals surface area contributed by atoms with Crippen LogP contribution < -0.4 is 14.2 Å². The Bertz CT molecular complexity index is 853. The van der Waals surface area contributed by atoms with Crippen molar-refractivity contribution in [1.29, 1.82) is 0 Å². The van der Waals surface area contributed by atoms with Crippen molar-refractivity contribution in [3.8, 4) is 17.2 Å². The number of hydrogen-bond acceptors (Lipinski definition) is 6. The SMILES string of the molecule is COC(=O)COc1ccc2c(c1)OC(=Cc1ccccc1OC)C2=O. The topological polar surface area (TPSA) is 71.1 Å². The van der Waals surface area contributed by atoms with E-state index in [2.05, 4.69) is 4.74 Å². The van der Waals surface area contributed by atoms with Crippen LogP contribution in [0, 0.1) is 0 Å². The van der Waals surface area contributed by atoms with Gasteiger partial charge in [-0.3, -0.25) is 4.79 Å². The van der Waals surface area contributed by atoms with Crippen LogP contribution in [-0.4, -0.2) is 32.6 Å². The van der Waals surface area contributed by atoms with E-state index in [4.69, 9.17) is 14.2 Å². The molecule has 0 saturated heterocycles. The molecule has 0 aromatic heterocycles. The summed E-state index contributed by atoms with van der Waals surface area (Å²) in [6.07, 6.45) is 1.64. The maximum Gasteiger partial charge on any atom is 0.343 e. The van der Waals surface area contributed by atoms with Crippen LogP contribution in [0.2, 0.25) is 0 Å². The third-order valence-electron chi connectivity index (χ3n) is 3.65. The number of para-hydroxylation sites is 1. The molecule has 2 aromatic carbocycles. The maximum absolute atomic E-state index is 12.5. The smallest absolute Gasteiger partial charge is 0.343 e. The molecule has 1 aliphatic heterocycles. The predicted octanol–water partition coefficient (Wildman–Crippen LogP) is 2.86. The summed E-state index contributed by atoms with van der Waals surface area (Å²) in [5.74, 6) is 0.924. The Kier molecular flexibility index (Phi) is 4.70. The van der Waals surface area contributed by atoms with Gasteiger partial charge in [-0.15, -0.1) is 0 Å². The second-order valence-corrected chi connectivity index (χ2v) is 5.20. The summed E-state index contributed by atoms with van der Waals surface area (Å²) in [6.45, 7) is -0.215. The predicted molar refractivity (Wildman–Crippen MR) is 89.9 cm³/mol. The molecule has 128 valence electrons. The third kappa shape index (κ3) is 3.47. The van der Waals surface area contributed by atoms with E-state index in [0.29, 0.717) is 22.8 Å². The molecule has 0 atom stereocenters. The fraction of sp³-hybridized carbons (Fsp3) is 0.158. The molecule has 0 fully saturated rings. The molecule has 0 aliphatic carbocycles. The van der Waals surface area contributed by atoms with E-state index >= 15 is 0 Å². The Morgan fingerprint density at radius 3 is 2.72 bits per heavy atom. The summed E-state index contributed by atoms with van der Waals surface area (Å²) in [5, 5.41) is 0. The monoisotopic (exact) mass is 340 g/mol. The lowest BCUT2D eigenvalue weighted by atomic mass is 10.1. The van der Waals surface area contributed by atoms with Gasteiger partial charge in [0.05, 0.1) is 19.8 Å². The number of fused-ring (bicyclic) bond motifs is 1. The molecule has 0 radical (unpaired) electrons. The highest BCUT2D eigenvalue weighted by atomic mass is 16.6. The lowest BCUT2D eigenvalue weighted by Crippen LogP contribution is -2.12. The Balaban J connectivity index is 1.83. The first-order valence-corrected chi connectivity index (χ1v) is 7.53. The van der Waals surface area contributed by atoms with Crippen LogP contribution in [0.5, 0.6) is 17.2 Å². The molecule has 6 heteroatoms. The minimum atomic E-state index is -0.491. The number of methoxy groups -OCH3 is 2. The molecule has 3 rings (SSSR count). The van der Waals surface area contributed by atoms with E-state index < -0.39 is 5.97 Å². The molecular formula is C19H16O6. The highest BCUT2D eigenvalue weighted by Crippen LogP contribution is 2.35. The Labute approximate surface area is 144 Å². The highest BCUT2D eigenvalue weighted by molar-refractivity contribution is 6.14. The van der Waals surface area contributed by atoms with E-state index in [1.807, 2.05) is 18.2 Å². The number of benzene rings is 2. The van der Waals surface area contributed by atoms with E-state index in [-0.39, 0.29) is 18.1 Å². The standard InChI is InChI=1S/C19H16O6/c1-22-15-6-4-3-5-12(15)9-17-19(21)14-8-7-13(10-16(14)25-17)24-11-18(20)23-2/h3-10H,11H2,1-2H3. The van der Waals surface area contributed by atoms with Gasteiger partial charge in [-0.05, 0) is 24.3 Å². The number of esters is 1. The first kappa shape index (κ1) is 16.6. The summed E-state index contributed by atoms with van der Waals surface area (Å²) in [4.78, 5) is 23.6. The molecule has 2 aromatic rings. The zero-order valence-electron chi connectivity index (χ0n) is 13.8. The van der Waals surface area contributed by atoms with Gasteiger partial charge in [0, 0.05) is 11.6 Å². The average Bonchev–Trinajstić information content (AvgIpc) is 2.95. The van der Waals surface area contributed by atoms with Crippen LogP contribution in [0.1, 0.15) is 15.9 Å². The van der Waals surface area contributed by atoms with Gasteiger partial charge < -0.3 is 18.9 Å². The van der Waals surface area contributed by atoms with E-state index in [9.17, 15) is 9.59 Å². The first-order chi connectivity index (χ1) is 12.1. The molecule has 0 saturated carbocycles. The number of allylic oxidation sites excluding steroid dienone is 1. The highest BCUT2D eigenvalue weighted by Gasteiger charge is 2.28. The van der Waals surface area contributed by atoms with Gasteiger partial charge in [0.2, 0.25) is 5.78 Å². The molecule has 1 heterocycles. The molecule has 1 aliphatic rings. The number of rotatable bonds is 5. The Hall–Kier alpha value is -3.28. The van der Waals surface area contributed by atoms with Crippen molar-refractivity contribution in [3.05, 3.63) is 59.4 Å². The fourth-order valence-electron chi connectivity index (χ4n) is 2.39. The fourth-order valence-corrected chi connectivity index (χ4v) is 2.39. The second kappa shape index (κ2) is 7.09. The van der Waals surface area contributed by atoms with Crippen LogP contribution in [0.15, 0.2) is 48.2 Å². The third-order valence-corrected chi connectivity index (χ3v) is 3.65. The van der Waals surface area contributed by atoms with Crippen molar-refractivity contribution in [2.75, 3.05) is 20.8 Å². The van der Waals surface area contributed by atoms with Crippen molar-refractivity contribution in [3.63, 3.8) is 0 Å². The van der Waals surface area contributed by atoms with Crippen molar-refractivity contribution in [2.45, 2.75) is 0 Å². The van der Waals surface area contributed by atoms with Gasteiger partial charge >= 0.3 is 5.97 Å². The number of ether oxygens (including phenoxy) is 4. The zero-order chi connectivity index (χ0) is 17.8. The summed E-state index contributed by atoms with van der Waals surface area (Å²) >= 11 is 0. The van der Waals surface area contributed by atoms with Crippen LogP contribution >= 0.6 is 0 Å². The largest absolute Gasteiger partial charge is 0.496 e. The summed E-state index contributed by atoms with van der Waals surface area (Å²) in [7, 11) is 2.85. The van der Waals surface area contributed by atoms with Crippen LogP contribution in [0.4, 0.5) is 0 Å². The van der Waals surface area contributed by atoms with Crippen molar-refractivity contribution >= 4 is 17.8 Å².